The third-order valence-electron chi connectivity index (χ3n) is 2.96. The van der Waals surface area contributed by atoms with Gasteiger partial charge in [0.2, 0.25) is 0 Å². The summed E-state index contributed by atoms with van der Waals surface area (Å²) in [4.78, 5) is 24.3. The highest BCUT2D eigenvalue weighted by molar-refractivity contribution is 7.99. The minimum atomic E-state index is -0.579. The molecule has 0 fully saturated rings. The van der Waals surface area contributed by atoms with Crippen LogP contribution in [0, 0.1) is 5.82 Å². The van der Waals surface area contributed by atoms with E-state index in [0.29, 0.717) is 16.5 Å². The lowest BCUT2D eigenvalue weighted by atomic mass is 10.3. The average molecular weight is 402 g/mol. The van der Waals surface area contributed by atoms with Crippen LogP contribution in [0.15, 0.2) is 47.4 Å². The molecule has 0 aliphatic carbocycles. The monoisotopic (exact) mass is 401 g/mol. The first-order chi connectivity index (χ1) is 11.9. The Bertz CT molecular complexity index is 756. The predicted molar refractivity (Wildman–Crippen MR) is 97.8 cm³/mol. The van der Waals surface area contributed by atoms with Crippen LogP contribution in [-0.4, -0.2) is 24.2 Å². The van der Waals surface area contributed by atoms with E-state index < -0.39 is 24.3 Å². The lowest BCUT2D eigenvalue weighted by Crippen LogP contribution is -2.21. The Labute approximate surface area is 158 Å². The lowest BCUT2D eigenvalue weighted by Gasteiger charge is -2.07. The van der Waals surface area contributed by atoms with Crippen LogP contribution in [-0.2, 0) is 14.3 Å². The van der Waals surface area contributed by atoms with E-state index in [0.717, 1.165) is 11.0 Å². The Kier molecular flexibility index (Phi) is 7.55. The van der Waals surface area contributed by atoms with Crippen LogP contribution >= 0.6 is 35.0 Å². The molecule has 0 saturated carbocycles. The zero-order chi connectivity index (χ0) is 18.2. The second-order valence-electron chi connectivity index (χ2n) is 4.89. The summed E-state index contributed by atoms with van der Waals surface area (Å²) in [6.07, 6.45) is 0.170. The number of ether oxygens (including phenoxy) is 1. The van der Waals surface area contributed by atoms with Crippen LogP contribution < -0.4 is 5.32 Å². The third-order valence-corrected chi connectivity index (χ3v) is 4.51. The van der Waals surface area contributed by atoms with Crippen molar-refractivity contribution in [3.8, 4) is 0 Å². The number of rotatable bonds is 7. The van der Waals surface area contributed by atoms with Crippen LogP contribution in [0.25, 0.3) is 0 Å². The topological polar surface area (TPSA) is 55.4 Å². The number of amides is 1. The Hall–Kier alpha value is -1.76. The van der Waals surface area contributed by atoms with Gasteiger partial charge in [0.1, 0.15) is 5.82 Å². The van der Waals surface area contributed by atoms with Crippen LogP contribution in [0.5, 0.6) is 0 Å². The first kappa shape index (κ1) is 19.6. The minimum absolute atomic E-state index is 0.103. The quantitative estimate of drug-likeness (QED) is 0.534. The Balaban J connectivity index is 1.67. The van der Waals surface area contributed by atoms with Gasteiger partial charge in [0, 0.05) is 21.4 Å². The summed E-state index contributed by atoms with van der Waals surface area (Å²) in [5, 5.41) is 3.02. The molecule has 1 amide bonds. The highest BCUT2D eigenvalue weighted by Crippen LogP contribution is 2.21. The van der Waals surface area contributed by atoms with Gasteiger partial charge in [0.05, 0.1) is 11.4 Å². The zero-order valence-corrected chi connectivity index (χ0v) is 15.3. The van der Waals surface area contributed by atoms with E-state index in [2.05, 4.69) is 5.32 Å². The molecule has 2 rings (SSSR count). The highest BCUT2D eigenvalue weighted by Gasteiger charge is 2.09. The van der Waals surface area contributed by atoms with E-state index in [1.165, 1.54) is 23.9 Å². The van der Waals surface area contributed by atoms with E-state index in [1.54, 1.807) is 12.1 Å². The van der Waals surface area contributed by atoms with Crippen LogP contribution in [0.1, 0.15) is 6.42 Å². The van der Waals surface area contributed by atoms with Gasteiger partial charge in [0.25, 0.3) is 5.91 Å². The van der Waals surface area contributed by atoms with Gasteiger partial charge in [-0.25, -0.2) is 4.39 Å². The van der Waals surface area contributed by atoms with E-state index in [-0.39, 0.29) is 11.4 Å². The predicted octanol–water partition coefficient (Wildman–Crippen LogP) is 4.80. The molecule has 0 saturated heterocycles. The lowest BCUT2D eigenvalue weighted by molar-refractivity contribution is -0.146. The van der Waals surface area contributed by atoms with E-state index in [4.69, 9.17) is 27.9 Å². The Morgan fingerprint density at radius 1 is 1.12 bits per heavy atom. The molecule has 0 bridgehead atoms. The fourth-order valence-electron chi connectivity index (χ4n) is 1.77. The summed E-state index contributed by atoms with van der Waals surface area (Å²) in [6, 6.07) is 11.0. The standard InChI is InChI=1S/C17H14Cl2FNO3S/c18-11-1-4-13(5-2-11)25-8-7-17(23)24-10-16(22)21-12-3-6-15(20)14(19)9-12/h1-6,9H,7-8,10H2,(H,21,22). The maximum absolute atomic E-state index is 13.0. The van der Waals surface area contributed by atoms with Gasteiger partial charge in [-0.3, -0.25) is 9.59 Å². The number of anilines is 1. The second-order valence-corrected chi connectivity index (χ2v) is 6.90. The molecule has 0 aliphatic heterocycles. The molecule has 0 aromatic heterocycles. The normalized spacial score (nSPS) is 10.4. The molecule has 2 aromatic rings. The van der Waals surface area contributed by atoms with Gasteiger partial charge >= 0.3 is 5.97 Å². The summed E-state index contributed by atoms with van der Waals surface area (Å²) >= 11 is 12.9. The average Bonchev–Trinajstić information content (AvgIpc) is 2.58. The van der Waals surface area contributed by atoms with Crippen molar-refractivity contribution in [2.24, 2.45) is 0 Å². The Morgan fingerprint density at radius 3 is 2.52 bits per heavy atom. The van der Waals surface area contributed by atoms with Crippen molar-refractivity contribution in [1.82, 2.24) is 0 Å². The molecule has 1 N–H and O–H groups in total. The van der Waals surface area contributed by atoms with E-state index >= 15 is 0 Å². The van der Waals surface area contributed by atoms with Crippen LogP contribution in [0.2, 0.25) is 10.0 Å². The fourth-order valence-corrected chi connectivity index (χ4v) is 2.91. The summed E-state index contributed by atoms with van der Waals surface area (Å²) < 4.78 is 17.9. The molecule has 4 nitrogen and oxygen atoms in total. The zero-order valence-electron chi connectivity index (χ0n) is 12.9. The number of carbonyl (C=O) groups excluding carboxylic acids is 2. The molecular weight excluding hydrogens is 388 g/mol. The minimum Gasteiger partial charge on any atom is -0.456 e. The molecule has 0 unspecified atom stereocenters. The molecule has 0 spiro atoms. The summed E-state index contributed by atoms with van der Waals surface area (Å²) in [5.74, 6) is -1.06. The maximum Gasteiger partial charge on any atom is 0.307 e. The molecule has 8 heteroatoms. The van der Waals surface area contributed by atoms with Crippen molar-refractivity contribution in [1.29, 1.82) is 0 Å². The SMILES string of the molecule is O=C(COC(=O)CCSc1ccc(Cl)cc1)Nc1ccc(F)c(Cl)c1. The smallest absolute Gasteiger partial charge is 0.307 e. The van der Waals surface area contributed by atoms with Crippen molar-refractivity contribution in [3.05, 3.63) is 58.3 Å². The first-order valence-corrected chi connectivity index (χ1v) is 8.97. The highest BCUT2D eigenvalue weighted by atomic mass is 35.5. The molecule has 2 aromatic carbocycles. The molecule has 25 heavy (non-hydrogen) atoms. The molecule has 0 aliphatic rings. The van der Waals surface area contributed by atoms with Gasteiger partial charge in [-0.15, -0.1) is 11.8 Å². The number of nitrogens with one attached hydrogen (secondary N) is 1. The molecule has 0 radical (unpaired) electrons. The number of thioether (sulfide) groups is 1. The molecule has 132 valence electrons. The van der Waals surface area contributed by atoms with Gasteiger partial charge in [-0.2, -0.15) is 0 Å². The fraction of sp³-hybridized carbons (Fsp3) is 0.176. The largest absolute Gasteiger partial charge is 0.456 e. The number of benzene rings is 2. The summed E-state index contributed by atoms with van der Waals surface area (Å²) in [6.45, 7) is -0.417. The van der Waals surface area contributed by atoms with Crippen LogP contribution in [0.4, 0.5) is 10.1 Å². The number of carbonyl (C=O) groups is 2. The maximum atomic E-state index is 13.0. The van der Waals surface area contributed by atoms with Gasteiger partial charge in [-0.1, -0.05) is 23.2 Å². The molecule has 0 heterocycles. The van der Waals surface area contributed by atoms with Crippen molar-refractivity contribution >= 4 is 52.5 Å². The van der Waals surface area contributed by atoms with Crippen molar-refractivity contribution < 1.29 is 18.7 Å². The number of halogens is 3. The number of esters is 1. The van der Waals surface area contributed by atoms with Gasteiger partial charge in [-0.05, 0) is 42.5 Å². The third kappa shape index (κ3) is 6.94. The van der Waals surface area contributed by atoms with Crippen molar-refractivity contribution in [2.45, 2.75) is 11.3 Å². The second kappa shape index (κ2) is 9.65. The van der Waals surface area contributed by atoms with Crippen molar-refractivity contribution in [3.63, 3.8) is 0 Å². The molecule has 0 atom stereocenters. The Morgan fingerprint density at radius 2 is 1.84 bits per heavy atom. The van der Waals surface area contributed by atoms with Gasteiger partial charge < -0.3 is 10.1 Å². The van der Waals surface area contributed by atoms with E-state index in [9.17, 15) is 14.0 Å². The summed E-state index contributed by atoms with van der Waals surface area (Å²) in [5.41, 5.74) is 0.325. The van der Waals surface area contributed by atoms with Crippen LogP contribution in [0.3, 0.4) is 0 Å². The van der Waals surface area contributed by atoms with Gasteiger partial charge in [0.15, 0.2) is 6.61 Å². The van der Waals surface area contributed by atoms with E-state index in [1.807, 2.05) is 12.1 Å². The number of hydrogen-bond acceptors (Lipinski definition) is 4. The first-order valence-electron chi connectivity index (χ1n) is 7.23. The number of hydrogen-bond donors (Lipinski definition) is 1. The van der Waals surface area contributed by atoms with Crippen molar-refractivity contribution in [2.75, 3.05) is 17.7 Å². The molecular formula is C17H14Cl2FNO3S. The summed E-state index contributed by atoms with van der Waals surface area (Å²) in [7, 11) is 0.